The van der Waals surface area contributed by atoms with Gasteiger partial charge in [0.1, 0.15) is 13.2 Å². The summed E-state index contributed by atoms with van der Waals surface area (Å²) in [6.45, 7) is 14.4. The van der Waals surface area contributed by atoms with Crippen LogP contribution in [-0.4, -0.2) is 0 Å². The van der Waals surface area contributed by atoms with Crippen molar-refractivity contribution in [2.75, 3.05) is 0 Å². The first-order valence-corrected chi connectivity index (χ1v) is 10.7. The summed E-state index contributed by atoms with van der Waals surface area (Å²) in [6.07, 6.45) is 0. The van der Waals surface area contributed by atoms with E-state index in [9.17, 15) is 0 Å². The monoisotopic (exact) mass is 402 g/mol. The molecule has 0 atom stereocenters. The van der Waals surface area contributed by atoms with E-state index in [1.807, 2.05) is 24.3 Å². The Kier molecular flexibility index (Phi) is 6.55. The van der Waals surface area contributed by atoms with Crippen LogP contribution in [0.25, 0.3) is 0 Å². The number of para-hydroxylation sites is 2. The maximum atomic E-state index is 6.08. The zero-order valence-corrected chi connectivity index (χ0v) is 19.2. The highest BCUT2D eigenvalue weighted by molar-refractivity contribution is 5.40. The fourth-order valence-corrected chi connectivity index (χ4v) is 3.21. The number of benzene rings is 3. The molecule has 0 saturated carbocycles. The molecule has 2 heteroatoms. The van der Waals surface area contributed by atoms with Crippen LogP contribution < -0.4 is 9.47 Å². The van der Waals surface area contributed by atoms with Crippen LogP contribution in [-0.2, 0) is 24.0 Å². The molecule has 0 radical (unpaired) electrons. The van der Waals surface area contributed by atoms with Crippen LogP contribution in [0.5, 0.6) is 11.5 Å². The van der Waals surface area contributed by atoms with Gasteiger partial charge in [-0.3, -0.25) is 0 Å². The van der Waals surface area contributed by atoms with Gasteiger partial charge in [-0.25, -0.2) is 0 Å². The number of hydrogen-bond acceptors (Lipinski definition) is 2. The first-order chi connectivity index (χ1) is 14.1. The molecule has 30 heavy (non-hydrogen) atoms. The quantitative estimate of drug-likeness (QED) is 0.426. The molecule has 158 valence electrons. The summed E-state index contributed by atoms with van der Waals surface area (Å²) < 4.78 is 12.2. The lowest BCUT2D eigenvalue weighted by Crippen LogP contribution is -2.11. The Morgan fingerprint density at radius 1 is 0.500 bits per heavy atom. The predicted octanol–water partition coefficient (Wildman–Crippen LogP) is 7.44. The van der Waals surface area contributed by atoms with E-state index >= 15 is 0 Å². The lowest BCUT2D eigenvalue weighted by Gasteiger charge is -2.19. The maximum Gasteiger partial charge on any atom is 0.161 e. The van der Waals surface area contributed by atoms with Crippen molar-refractivity contribution in [1.82, 2.24) is 0 Å². The zero-order valence-electron chi connectivity index (χ0n) is 19.2. The third-order valence-corrected chi connectivity index (χ3v) is 5.28. The lowest BCUT2D eigenvalue weighted by molar-refractivity contribution is 0.256. The second-order valence-corrected chi connectivity index (χ2v) is 9.92. The van der Waals surface area contributed by atoms with Crippen molar-refractivity contribution in [3.05, 3.63) is 95.1 Å². The van der Waals surface area contributed by atoms with Crippen molar-refractivity contribution < 1.29 is 9.47 Å². The minimum absolute atomic E-state index is 0.158. The third kappa shape index (κ3) is 5.89. The van der Waals surface area contributed by atoms with E-state index in [1.165, 1.54) is 11.1 Å². The van der Waals surface area contributed by atoms with Crippen LogP contribution in [0, 0.1) is 0 Å². The van der Waals surface area contributed by atoms with E-state index in [-0.39, 0.29) is 10.8 Å². The molecule has 0 aliphatic rings. The molecule has 0 spiro atoms. The average Bonchev–Trinajstić information content (AvgIpc) is 2.70. The normalized spacial score (nSPS) is 11.9. The van der Waals surface area contributed by atoms with Crippen LogP contribution in [0.2, 0.25) is 0 Å². The van der Waals surface area contributed by atoms with Gasteiger partial charge in [-0.2, -0.15) is 0 Å². The molecular weight excluding hydrogens is 368 g/mol. The van der Waals surface area contributed by atoms with Gasteiger partial charge in [-0.05, 0) is 45.2 Å². The summed E-state index contributed by atoms with van der Waals surface area (Å²) in [7, 11) is 0. The number of ether oxygens (including phenoxy) is 2. The highest BCUT2D eigenvalue weighted by Crippen LogP contribution is 2.29. The second kappa shape index (κ2) is 8.95. The highest BCUT2D eigenvalue weighted by Gasteiger charge is 2.14. The van der Waals surface area contributed by atoms with Gasteiger partial charge in [0.25, 0.3) is 0 Å². The molecule has 2 nitrogen and oxygen atoms in total. The summed E-state index contributed by atoms with van der Waals surface area (Å²) in [6, 6.07) is 25.2. The lowest BCUT2D eigenvalue weighted by atomic mass is 9.87. The number of rotatable bonds is 6. The van der Waals surface area contributed by atoms with Gasteiger partial charge >= 0.3 is 0 Å². The van der Waals surface area contributed by atoms with Crippen molar-refractivity contribution in [2.24, 2.45) is 0 Å². The first-order valence-electron chi connectivity index (χ1n) is 10.7. The van der Waals surface area contributed by atoms with Gasteiger partial charge in [0.05, 0.1) is 0 Å². The topological polar surface area (TPSA) is 18.5 Å². The fourth-order valence-electron chi connectivity index (χ4n) is 3.21. The van der Waals surface area contributed by atoms with Crippen LogP contribution >= 0.6 is 0 Å². The molecule has 0 amide bonds. The standard InChI is InChI=1S/C28H34O2/c1-27(2,3)23-15-11-21(12-16-23)19-29-25-9-7-8-10-26(25)30-20-22-13-17-24(18-14-22)28(4,5)6/h7-18H,19-20H2,1-6H3. The Bertz CT molecular complexity index is 859. The van der Waals surface area contributed by atoms with Gasteiger partial charge in [-0.1, -0.05) is 102 Å². The molecule has 3 rings (SSSR count). The van der Waals surface area contributed by atoms with E-state index < -0.39 is 0 Å². The SMILES string of the molecule is CC(C)(C)c1ccc(COc2ccccc2OCc2ccc(C(C)(C)C)cc2)cc1. The second-order valence-electron chi connectivity index (χ2n) is 9.92. The van der Waals surface area contributed by atoms with Crippen LogP contribution in [0.1, 0.15) is 63.8 Å². The Morgan fingerprint density at radius 2 is 0.833 bits per heavy atom. The zero-order chi connectivity index (χ0) is 21.8. The number of hydrogen-bond donors (Lipinski definition) is 0. The van der Waals surface area contributed by atoms with E-state index in [1.54, 1.807) is 0 Å². The maximum absolute atomic E-state index is 6.08. The van der Waals surface area contributed by atoms with Gasteiger partial charge in [0.15, 0.2) is 11.5 Å². The molecule has 0 bridgehead atoms. The molecule has 0 aliphatic carbocycles. The third-order valence-electron chi connectivity index (χ3n) is 5.28. The molecule has 3 aromatic rings. The van der Waals surface area contributed by atoms with Gasteiger partial charge in [0, 0.05) is 0 Å². The van der Waals surface area contributed by atoms with Crippen molar-refractivity contribution >= 4 is 0 Å². The first kappa shape index (κ1) is 22.0. The molecular formula is C28H34O2. The Hall–Kier alpha value is -2.74. The van der Waals surface area contributed by atoms with E-state index in [2.05, 4.69) is 90.1 Å². The summed E-state index contributed by atoms with van der Waals surface area (Å²) in [4.78, 5) is 0. The molecule has 0 aromatic heterocycles. The summed E-state index contributed by atoms with van der Waals surface area (Å²) in [5.74, 6) is 1.53. The van der Waals surface area contributed by atoms with Crippen molar-refractivity contribution in [1.29, 1.82) is 0 Å². The summed E-state index contributed by atoms with van der Waals surface area (Å²) in [5, 5.41) is 0. The molecule has 0 saturated heterocycles. The van der Waals surface area contributed by atoms with Crippen LogP contribution in [0.4, 0.5) is 0 Å². The summed E-state index contributed by atoms with van der Waals surface area (Å²) >= 11 is 0. The molecule has 0 fully saturated rings. The van der Waals surface area contributed by atoms with E-state index in [0.29, 0.717) is 13.2 Å². The Labute approximate surface area is 181 Å². The van der Waals surface area contributed by atoms with Crippen LogP contribution in [0.3, 0.4) is 0 Å². The van der Waals surface area contributed by atoms with Crippen LogP contribution in [0.15, 0.2) is 72.8 Å². The average molecular weight is 403 g/mol. The predicted molar refractivity (Wildman–Crippen MR) is 125 cm³/mol. The Morgan fingerprint density at radius 3 is 1.13 bits per heavy atom. The molecule has 0 N–H and O–H groups in total. The highest BCUT2D eigenvalue weighted by atomic mass is 16.5. The van der Waals surface area contributed by atoms with E-state index in [4.69, 9.17) is 9.47 Å². The van der Waals surface area contributed by atoms with Crippen molar-refractivity contribution in [3.8, 4) is 11.5 Å². The molecule has 3 aromatic carbocycles. The van der Waals surface area contributed by atoms with Crippen molar-refractivity contribution in [3.63, 3.8) is 0 Å². The fraction of sp³-hybridized carbons (Fsp3) is 0.357. The van der Waals surface area contributed by atoms with E-state index in [0.717, 1.165) is 22.6 Å². The Balaban J connectivity index is 1.62. The molecule has 0 aliphatic heterocycles. The van der Waals surface area contributed by atoms with Crippen molar-refractivity contribution in [2.45, 2.75) is 65.6 Å². The van der Waals surface area contributed by atoms with Gasteiger partial charge < -0.3 is 9.47 Å². The minimum atomic E-state index is 0.158. The largest absolute Gasteiger partial charge is 0.485 e. The van der Waals surface area contributed by atoms with Gasteiger partial charge in [-0.15, -0.1) is 0 Å². The van der Waals surface area contributed by atoms with Gasteiger partial charge in [0.2, 0.25) is 0 Å². The molecule has 0 unspecified atom stereocenters. The molecule has 0 heterocycles. The summed E-state index contributed by atoms with van der Waals surface area (Å²) in [5.41, 5.74) is 5.27. The minimum Gasteiger partial charge on any atom is -0.485 e. The smallest absolute Gasteiger partial charge is 0.161 e.